The normalized spacial score (nSPS) is 10.8. The van der Waals surface area contributed by atoms with Crippen LogP contribution in [0.15, 0.2) is 24.3 Å². The van der Waals surface area contributed by atoms with Crippen molar-refractivity contribution in [2.45, 2.75) is 6.18 Å². The highest BCUT2D eigenvalue weighted by Gasteiger charge is 2.43. The highest BCUT2D eigenvalue weighted by atomic mass is 19.4. The van der Waals surface area contributed by atoms with Crippen molar-refractivity contribution >= 4 is 23.7 Å². The summed E-state index contributed by atoms with van der Waals surface area (Å²) in [6.07, 6.45) is -5.38. The summed E-state index contributed by atoms with van der Waals surface area (Å²) in [5.74, 6) is -2.30. The number of nitrogens with two attached hydrogens (primary N) is 1. The van der Waals surface area contributed by atoms with E-state index in [0.717, 1.165) is 0 Å². The van der Waals surface area contributed by atoms with Crippen molar-refractivity contribution in [2.75, 3.05) is 11.2 Å². The van der Waals surface area contributed by atoms with E-state index < -0.39 is 12.1 Å². The minimum atomic E-state index is -5.12. The van der Waals surface area contributed by atoms with Gasteiger partial charge in [-0.05, 0) is 24.3 Å². The standard InChI is InChI=1S/C9H8F3N3O2/c10-9(11,12)8(17)15(5-16)14-7-3-1-6(13)2-4-7/h1-5,14H,13H2. The fraction of sp³-hybridized carbons (Fsp3) is 0.111. The van der Waals surface area contributed by atoms with Gasteiger partial charge in [0.25, 0.3) is 0 Å². The van der Waals surface area contributed by atoms with Gasteiger partial charge < -0.3 is 5.73 Å². The Hall–Kier alpha value is -2.25. The summed E-state index contributed by atoms with van der Waals surface area (Å²) in [7, 11) is 0. The zero-order valence-electron chi connectivity index (χ0n) is 8.36. The molecular formula is C9H8F3N3O2. The van der Waals surface area contributed by atoms with Gasteiger partial charge in [0.1, 0.15) is 0 Å². The van der Waals surface area contributed by atoms with E-state index in [1.165, 1.54) is 24.3 Å². The van der Waals surface area contributed by atoms with Crippen molar-refractivity contribution in [3.8, 4) is 0 Å². The highest BCUT2D eigenvalue weighted by molar-refractivity contribution is 5.91. The van der Waals surface area contributed by atoms with Crippen molar-refractivity contribution < 1.29 is 22.8 Å². The summed E-state index contributed by atoms with van der Waals surface area (Å²) in [4.78, 5) is 21.1. The second kappa shape index (κ2) is 4.73. The first-order chi connectivity index (χ1) is 7.84. The third kappa shape index (κ3) is 3.37. The molecule has 0 bridgehead atoms. The van der Waals surface area contributed by atoms with Crippen LogP contribution in [-0.2, 0) is 9.59 Å². The molecule has 0 saturated carbocycles. The molecule has 8 heteroatoms. The minimum absolute atomic E-state index is 0.129. The van der Waals surface area contributed by atoms with Gasteiger partial charge in [-0.3, -0.25) is 15.0 Å². The molecule has 0 aliphatic carbocycles. The van der Waals surface area contributed by atoms with Crippen LogP contribution in [-0.4, -0.2) is 23.5 Å². The largest absolute Gasteiger partial charge is 0.473 e. The average Bonchev–Trinajstić information content (AvgIpc) is 2.26. The van der Waals surface area contributed by atoms with Crippen LogP contribution in [0, 0.1) is 0 Å². The molecule has 0 radical (unpaired) electrons. The third-order valence-corrected chi connectivity index (χ3v) is 1.73. The molecule has 0 aliphatic heterocycles. The smallest absolute Gasteiger partial charge is 0.399 e. The number of hydrogen-bond acceptors (Lipinski definition) is 4. The Morgan fingerprint density at radius 3 is 2.24 bits per heavy atom. The molecule has 0 heterocycles. The van der Waals surface area contributed by atoms with Gasteiger partial charge in [-0.15, -0.1) is 0 Å². The van der Waals surface area contributed by atoms with Gasteiger partial charge in [-0.25, -0.2) is 0 Å². The number of hydrazine groups is 1. The van der Waals surface area contributed by atoms with Crippen LogP contribution in [0.25, 0.3) is 0 Å². The van der Waals surface area contributed by atoms with Crippen molar-refractivity contribution in [2.24, 2.45) is 0 Å². The number of hydrogen-bond donors (Lipinski definition) is 2. The van der Waals surface area contributed by atoms with Crippen molar-refractivity contribution in [1.29, 1.82) is 0 Å². The molecule has 0 saturated heterocycles. The van der Waals surface area contributed by atoms with Gasteiger partial charge in [-0.2, -0.15) is 18.2 Å². The van der Waals surface area contributed by atoms with E-state index >= 15 is 0 Å². The van der Waals surface area contributed by atoms with Crippen LogP contribution >= 0.6 is 0 Å². The first-order valence-electron chi connectivity index (χ1n) is 4.32. The molecule has 17 heavy (non-hydrogen) atoms. The number of carbonyl (C=O) groups excluding carboxylic acids is 2. The molecule has 1 aromatic carbocycles. The number of halogens is 3. The fourth-order valence-electron chi connectivity index (χ4n) is 0.958. The Morgan fingerprint density at radius 2 is 1.82 bits per heavy atom. The number of benzene rings is 1. The van der Waals surface area contributed by atoms with Gasteiger partial charge >= 0.3 is 12.1 Å². The monoisotopic (exact) mass is 247 g/mol. The van der Waals surface area contributed by atoms with E-state index in [4.69, 9.17) is 5.73 Å². The van der Waals surface area contributed by atoms with E-state index in [2.05, 4.69) is 0 Å². The lowest BCUT2D eigenvalue weighted by molar-refractivity contribution is -0.184. The number of nitrogens with one attached hydrogen (secondary N) is 1. The topological polar surface area (TPSA) is 75.4 Å². The Labute approximate surface area is 94.0 Å². The molecule has 0 atom stereocenters. The van der Waals surface area contributed by atoms with Crippen molar-refractivity contribution in [3.05, 3.63) is 24.3 Å². The molecule has 5 nitrogen and oxygen atoms in total. The van der Waals surface area contributed by atoms with Crippen LogP contribution in [0.5, 0.6) is 0 Å². The molecule has 0 aliphatic rings. The van der Waals surface area contributed by atoms with Crippen molar-refractivity contribution in [1.82, 2.24) is 5.01 Å². The number of nitrogen functional groups attached to an aromatic ring is 1. The average molecular weight is 247 g/mol. The number of nitrogens with zero attached hydrogens (tertiary/aromatic N) is 1. The zero-order valence-corrected chi connectivity index (χ0v) is 8.36. The Balaban J connectivity index is 2.81. The van der Waals surface area contributed by atoms with E-state index in [9.17, 15) is 22.8 Å². The first-order valence-corrected chi connectivity index (χ1v) is 4.32. The van der Waals surface area contributed by atoms with Gasteiger partial charge in [-0.1, -0.05) is 0 Å². The lowest BCUT2D eigenvalue weighted by atomic mass is 10.3. The van der Waals surface area contributed by atoms with Gasteiger partial charge in [0.15, 0.2) is 0 Å². The minimum Gasteiger partial charge on any atom is -0.399 e. The van der Waals surface area contributed by atoms with E-state index in [0.29, 0.717) is 5.69 Å². The van der Waals surface area contributed by atoms with Crippen LogP contribution < -0.4 is 11.2 Å². The van der Waals surface area contributed by atoms with Crippen LogP contribution in [0.3, 0.4) is 0 Å². The van der Waals surface area contributed by atoms with Gasteiger partial charge in [0.05, 0.1) is 5.69 Å². The number of imide groups is 1. The number of rotatable bonds is 3. The van der Waals surface area contributed by atoms with Crippen LogP contribution in [0.2, 0.25) is 0 Å². The second-order valence-corrected chi connectivity index (χ2v) is 3.01. The summed E-state index contributed by atoms with van der Waals surface area (Å²) in [6.45, 7) is 0. The summed E-state index contributed by atoms with van der Waals surface area (Å²) in [5.41, 5.74) is 7.89. The molecule has 92 valence electrons. The lowest BCUT2D eigenvalue weighted by Gasteiger charge is -2.18. The maximum Gasteiger partial charge on any atom is 0.473 e. The van der Waals surface area contributed by atoms with Crippen LogP contribution in [0.4, 0.5) is 24.5 Å². The maximum atomic E-state index is 12.0. The summed E-state index contributed by atoms with van der Waals surface area (Å²) < 4.78 is 36.1. The maximum absolute atomic E-state index is 12.0. The molecule has 0 aromatic heterocycles. The summed E-state index contributed by atoms with van der Waals surface area (Å²) >= 11 is 0. The SMILES string of the molecule is Nc1ccc(NN(C=O)C(=O)C(F)(F)F)cc1. The molecule has 1 aromatic rings. The van der Waals surface area contributed by atoms with Gasteiger partial charge in [0.2, 0.25) is 6.41 Å². The van der Waals surface area contributed by atoms with Gasteiger partial charge in [0, 0.05) is 5.69 Å². The Bertz CT molecular complexity index is 416. The molecule has 1 rings (SSSR count). The van der Waals surface area contributed by atoms with E-state index in [-0.39, 0.29) is 17.1 Å². The molecule has 2 amide bonds. The predicted molar refractivity (Wildman–Crippen MR) is 53.4 cm³/mol. The Morgan fingerprint density at radius 1 is 1.29 bits per heavy atom. The van der Waals surface area contributed by atoms with Crippen LogP contribution in [0.1, 0.15) is 0 Å². The number of alkyl halides is 3. The summed E-state index contributed by atoms with van der Waals surface area (Å²) in [5, 5.41) is -0.189. The molecular weight excluding hydrogens is 239 g/mol. The van der Waals surface area contributed by atoms with Crippen molar-refractivity contribution in [3.63, 3.8) is 0 Å². The zero-order chi connectivity index (χ0) is 13.1. The lowest BCUT2D eigenvalue weighted by Crippen LogP contribution is -2.43. The Kier molecular flexibility index (Phi) is 3.56. The van der Waals surface area contributed by atoms with E-state index in [1.54, 1.807) is 0 Å². The molecule has 0 spiro atoms. The number of amides is 2. The molecule has 0 unspecified atom stereocenters. The quantitative estimate of drug-likeness (QED) is 0.477. The predicted octanol–water partition coefficient (Wildman–Crippen LogP) is 1.14. The number of anilines is 2. The highest BCUT2D eigenvalue weighted by Crippen LogP contribution is 2.19. The van der Waals surface area contributed by atoms with E-state index in [1.807, 2.05) is 5.43 Å². The number of carbonyl (C=O) groups is 2. The second-order valence-electron chi connectivity index (χ2n) is 3.01. The molecule has 3 N–H and O–H groups in total. The summed E-state index contributed by atoms with van der Waals surface area (Å²) in [6, 6.07) is 5.47. The molecule has 0 fully saturated rings. The first kappa shape index (κ1) is 12.8. The third-order valence-electron chi connectivity index (χ3n) is 1.73. The fourth-order valence-corrected chi connectivity index (χ4v) is 0.958.